The average molecular weight is 478 g/mol. The number of hydrogen-bond donors (Lipinski definition) is 1. The number of aliphatic hydroxyl groups is 1. The fourth-order valence-electron chi connectivity index (χ4n) is 4.23. The number of ether oxygens (including phenoxy) is 1. The minimum atomic E-state index is -0.762. The maximum absolute atomic E-state index is 13.2. The molecule has 0 saturated carbocycles. The van der Waals surface area contributed by atoms with E-state index in [4.69, 9.17) is 4.74 Å². The van der Waals surface area contributed by atoms with Gasteiger partial charge in [-0.1, -0.05) is 36.4 Å². The van der Waals surface area contributed by atoms with Crippen LogP contribution in [0.25, 0.3) is 5.76 Å². The molecule has 0 radical (unpaired) electrons. The largest absolute Gasteiger partial charge is 0.507 e. The lowest BCUT2D eigenvalue weighted by molar-refractivity contribution is -0.140. The van der Waals surface area contributed by atoms with E-state index < -0.39 is 17.7 Å². The van der Waals surface area contributed by atoms with Crippen LogP contribution >= 0.6 is 0 Å². The lowest BCUT2D eigenvalue weighted by atomic mass is 9.96. The van der Waals surface area contributed by atoms with Crippen molar-refractivity contribution in [3.05, 3.63) is 131 Å². The maximum atomic E-state index is 13.2. The molecule has 36 heavy (non-hydrogen) atoms. The number of benzene rings is 2. The zero-order valence-electron chi connectivity index (χ0n) is 19.3. The van der Waals surface area contributed by atoms with Gasteiger partial charge in [0.2, 0.25) is 0 Å². The van der Waals surface area contributed by atoms with Crippen molar-refractivity contribution in [3.8, 4) is 5.75 Å². The monoisotopic (exact) mass is 477 g/mol. The Bertz CT molecular complexity index is 1390. The van der Waals surface area contributed by atoms with E-state index in [2.05, 4.69) is 9.97 Å². The first kappa shape index (κ1) is 23.0. The average Bonchev–Trinajstić information content (AvgIpc) is 3.18. The van der Waals surface area contributed by atoms with Crippen molar-refractivity contribution in [2.24, 2.45) is 0 Å². The van der Waals surface area contributed by atoms with E-state index in [0.717, 1.165) is 11.1 Å². The molecule has 0 aliphatic carbocycles. The zero-order valence-corrected chi connectivity index (χ0v) is 19.3. The molecule has 1 aliphatic rings. The van der Waals surface area contributed by atoms with Gasteiger partial charge in [0, 0.05) is 36.9 Å². The first-order valence-corrected chi connectivity index (χ1v) is 11.5. The molecule has 178 valence electrons. The molecule has 7 nitrogen and oxygen atoms in total. The van der Waals surface area contributed by atoms with Crippen LogP contribution in [-0.4, -0.2) is 31.7 Å². The molecule has 4 aromatic rings. The Morgan fingerprint density at radius 1 is 0.833 bits per heavy atom. The van der Waals surface area contributed by atoms with Crippen LogP contribution in [0.3, 0.4) is 0 Å². The normalized spacial score (nSPS) is 16.8. The van der Waals surface area contributed by atoms with Gasteiger partial charge in [-0.25, -0.2) is 0 Å². The van der Waals surface area contributed by atoms with Gasteiger partial charge in [0.25, 0.3) is 11.7 Å². The molecule has 2 aromatic carbocycles. The standard InChI is InChI=1S/C29H23N3O4/c33-27(23-8-10-24(11-9-23)36-19-20-5-2-1-3-6-20)25-26(22-12-15-30-16-13-22)32(29(35)28(25)34)18-21-7-4-14-31-17-21/h1-17,26,33H,18-19H2/b27-25+/t26-/m1/s1. The number of nitrogens with zero attached hydrogens (tertiary/aromatic N) is 3. The van der Waals surface area contributed by atoms with Crippen molar-refractivity contribution in [2.45, 2.75) is 19.2 Å². The van der Waals surface area contributed by atoms with Gasteiger partial charge < -0.3 is 14.7 Å². The fourth-order valence-corrected chi connectivity index (χ4v) is 4.23. The number of ketones is 1. The molecule has 1 fully saturated rings. The Morgan fingerprint density at radius 3 is 2.25 bits per heavy atom. The van der Waals surface area contributed by atoms with Crippen LogP contribution in [0.15, 0.2) is 109 Å². The van der Waals surface area contributed by atoms with Crippen LogP contribution in [0.5, 0.6) is 5.75 Å². The number of carbonyl (C=O) groups is 2. The van der Waals surface area contributed by atoms with Gasteiger partial charge in [-0.15, -0.1) is 0 Å². The second-order valence-electron chi connectivity index (χ2n) is 8.37. The minimum Gasteiger partial charge on any atom is -0.507 e. The van der Waals surface area contributed by atoms with Gasteiger partial charge in [-0.05, 0) is 59.2 Å². The van der Waals surface area contributed by atoms with Crippen LogP contribution < -0.4 is 4.74 Å². The molecule has 0 bridgehead atoms. The number of pyridine rings is 2. The van der Waals surface area contributed by atoms with Crippen molar-refractivity contribution in [2.75, 3.05) is 0 Å². The van der Waals surface area contributed by atoms with Gasteiger partial charge in [0.15, 0.2) is 0 Å². The Labute approximate surface area is 208 Å². The summed E-state index contributed by atoms with van der Waals surface area (Å²) >= 11 is 0. The number of amides is 1. The number of aliphatic hydroxyl groups excluding tert-OH is 1. The van der Waals surface area contributed by atoms with Crippen molar-refractivity contribution in [1.82, 2.24) is 14.9 Å². The van der Waals surface area contributed by atoms with Crippen LogP contribution in [0.1, 0.15) is 28.3 Å². The SMILES string of the molecule is O=C1C(=O)N(Cc2cccnc2)[C@H](c2ccncc2)/C1=C(\O)c1ccc(OCc2ccccc2)cc1. The molecular weight excluding hydrogens is 454 g/mol. The molecule has 0 spiro atoms. The van der Waals surface area contributed by atoms with Crippen LogP contribution in [0, 0.1) is 0 Å². The first-order chi connectivity index (χ1) is 17.6. The maximum Gasteiger partial charge on any atom is 0.295 e. The van der Waals surface area contributed by atoms with Crippen molar-refractivity contribution < 1.29 is 19.4 Å². The predicted molar refractivity (Wildman–Crippen MR) is 134 cm³/mol. The smallest absolute Gasteiger partial charge is 0.295 e. The second-order valence-corrected chi connectivity index (χ2v) is 8.37. The second kappa shape index (κ2) is 10.2. The summed E-state index contributed by atoms with van der Waals surface area (Å²) in [7, 11) is 0. The molecule has 1 amide bonds. The van der Waals surface area contributed by atoms with Crippen LogP contribution in [0.2, 0.25) is 0 Å². The molecule has 1 aliphatic heterocycles. The van der Waals surface area contributed by atoms with E-state index in [1.54, 1.807) is 67.3 Å². The van der Waals surface area contributed by atoms with Crippen molar-refractivity contribution in [3.63, 3.8) is 0 Å². The van der Waals surface area contributed by atoms with Gasteiger partial charge in [-0.2, -0.15) is 0 Å². The van der Waals surface area contributed by atoms with Gasteiger partial charge in [0.05, 0.1) is 11.6 Å². The summed E-state index contributed by atoms with van der Waals surface area (Å²) in [5.74, 6) is -1.02. The molecule has 1 atom stereocenters. The fraction of sp³-hybridized carbons (Fsp3) is 0.103. The summed E-state index contributed by atoms with van der Waals surface area (Å²) < 4.78 is 5.82. The van der Waals surface area contributed by atoms with Crippen molar-refractivity contribution in [1.29, 1.82) is 0 Å². The number of hydrogen-bond acceptors (Lipinski definition) is 6. The molecule has 3 heterocycles. The summed E-state index contributed by atoms with van der Waals surface area (Å²) in [5, 5.41) is 11.2. The molecule has 7 heteroatoms. The summed E-state index contributed by atoms with van der Waals surface area (Å²) in [4.78, 5) is 35.9. The van der Waals surface area contributed by atoms with Gasteiger partial charge in [0.1, 0.15) is 18.1 Å². The van der Waals surface area contributed by atoms with E-state index in [1.165, 1.54) is 4.90 Å². The number of carbonyl (C=O) groups excluding carboxylic acids is 2. The van der Waals surface area contributed by atoms with Gasteiger partial charge in [-0.3, -0.25) is 19.6 Å². The lowest BCUT2D eigenvalue weighted by Gasteiger charge is -2.25. The molecular formula is C29H23N3O4. The topological polar surface area (TPSA) is 92.6 Å². The molecule has 0 unspecified atom stereocenters. The highest BCUT2D eigenvalue weighted by atomic mass is 16.5. The Balaban J connectivity index is 1.47. The molecule has 1 N–H and O–H groups in total. The highest BCUT2D eigenvalue weighted by Gasteiger charge is 2.46. The molecule has 5 rings (SSSR count). The van der Waals surface area contributed by atoms with E-state index in [-0.39, 0.29) is 17.9 Å². The number of Topliss-reactive ketones (excluding diaryl/α,β-unsaturated/α-hetero) is 1. The first-order valence-electron chi connectivity index (χ1n) is 11.5. The Morgan fingerprint density at radius 2 is 1.56 bits per heavy atom. The summed E-state index contributed by atoms with van der Waals surface area (Å²) in [5.41, 5.74) is 2.94. The number of likely N-dealkylation sites (tertiary alicyclic amines) is 1. The quantitative estimate of drug-likeness (QED) is 0.236. The van der Waals surface area contributed by atoms with Crippen molar-refractivity contribution >= 4 is 17.4 Å². The third-order valence-electron chi connectivity index (χ3n) is 6.01. The summed E-state index contributed by atoms with van der Waals surface area (Å²) in [6, 6.07) is 22.9. The molecule has 2 aromatic heterocycles. The molecule has 1 saturated heterocycles. The predicted octanol–water partition coefficient (Wildman–Crippen LogP) is 4.68. The summed E-state index contributed by atoms with van der Waals surface area (Å²) in [6.07, 6.45) is 6.49. The van der Waals surface area contributed by atoms with Crippen LogP contribution in [-0.2, 0) is 22.7 Å². The van der Waals surface area contributed by atoms with E-state index >= 15 is 0 Å². The number of aromatic nitrogens is 2. The third kappa shape index (κ3) is 4.72. The lowest BCUT2D eigenvalue weighted by Crippen LogP contribution is -2.29. The van der Waals surface area contributed by atoms with E-state index in [1.807, 2.05) is 36.4 Å². The number of rotatable bonds is 7. The highest BCUT2D eigenvalue weighted by molar-refractivity contribution is 6.46. The Hall–Kier alpha value is -4.78. The zero-order chi connectivity index (χ0) is 24.9. The summed E-state index contributed by atoms with van der Waals surface area (Å²) in [6.45, 7) is 0.585. The Kier molecular flexibility index (Phi) is 6.53. The third-order valence-corrected chi connectivity index (χ3v) is 6.01. The minimum absolute atomic E-state index is 0.0352. The highest BCUT2D eigenvalue weighted by Crippen LogP contribution is 2.40. The van der Waals surface area contributed by atoms with Crippen LogP contribution in [0.4, 0.5) is 0 Å². The van der Waals surface area contributed by atoms with E-state index in [9.17, 15) is 14.7 Å². The van der Waals surface area contributed by atoms with E-state index in [0.29, 0.717) is 23.5 Å². The van der Waals surface area contributed by atoms with Gasteiger partial charge >= 0.3 is 0 Å².